The number of rotatable bonds is 5. The van der Waals surface area contributed by atoms with Crippen molar-refractivity contribution in [3.8, 4) is 0 Å². The van der Waals surface area contributed by atoms with E-state index in [4.69, 9.17) is 0 Å². The van der Waals surface area contributed by atoms with Crippen molar-refractivity contribution in [3.63, 3.8) is 0 Å². The van der Waals surface area contributed by atoms with Gasteiger partial charge in [0.2, 0.25) is 0 Å². The molecule has 1 aliphatic rings. The van der Waals surface area contributed by atoms with Gasteiger partial charge in [-0.15, -0.1) is 5.10 Å². The minimum absolute atomic E-state index is 0.549. The summed E-state index contributed by atoms with van der Waals surface area (Å²) in [7, 11) is 0. The van der Waals surface area contributed by atoms with E-state index in [9.17, 15) is 0 Å². The van der Waals surface area contributed by atoms with E-state index in [0.29, 0.717) is 6.04 Å². The normalized spacial score (nSPS) is 15.5. The molecule has 5 nitrogen and oxygen atoms in total. The lowest BCUT2D eigenvalue weighted by atomic mass is 10.3. The van der Waals surface area contributed by atoms with Crippen LogP contribution in [0.1, 0.15) is 30.3 Å². The molecule has 0 unspecified atom stereocenters. The zero-order valence-corrected chi connectivity index (χ0v) is 9.65. The number of aromatic nitrogens is 4. The van der Waals surface area contributed by atoms with E-state index in [1.165, 1.54) is 18.4 Å². The first-order chi connectivity index (χ1) is 7.93. The highest BCUT2D eigenvalue weighted by atomic mass is 32.1. The Balaban J connectivity index is 1.56. The fourth-order valence-corrected chi connectivity index (χ4v) is 2.31. The zero-order chi connectivity index (χ0) is 10.8. The average molecular weight is 235 g/mol. The van der Waals surface area contributed by atoms with Gasteiger partial charge in [0, 0.05) is 6.54 Å². The number of hydrogen-bond acceptors (Lipinski definition) is 5. The second-order valence-electron chi connectivity index (χ2n) is 4.01. The van der Waals surface area contributed by atoms with Crippen LogP contribution >= 0.6 is 11.3 Å². The van der Waals surface area contributed by atoms with Gasteiger partial charge in [-0.3, -0.25) is 0 Å². The summed E-state index contributed by atoms with van der Waals surface area (Å²) in [6.45, 7) is 1.61. The van der Waals surface area contributed by atoms with Crippen molar-refractivity contribution in [2.75, 3.05) is 0 Å². The summed E-state index contributed by atoms with van der Waals surface area (Å²) in [6, 6.07) is 2.68. The Morgan fingerprint density at radius 3 is 3.12 bits per heavy atom. The van der Waals surface area contributed by atoms with Crippen LogP contribution in [0.5, 0.6) is 0 Å². The molecule has 0 bridgehead atoms. The second kappa shape index (κ2) is 4.31. The predicted octanol–water partition coefficient (Wildman–Crippen LogP) is 1.36. The first-order valence-electron chi connectivity index (χ1n) is 5.42. The molecule has 1 aliphatic carbocycles. The molecule has 0 aromatic carbocycles. The molecule has 0 spiro atoms. The SMILES string of the molecule is c1cc(CNCc2nnnn2C2CC2)cs1. The molecule has 6 heteroatoms. The molecule has 0 saturated heterocycles. The molecule has 1 saturated carbocycles. The molecule has 1 N–H and O–H groups in total. The molecule has 16 heavy (non-hydrogen) atoms. The third-order valence-electron chi connectivity index (χ3n) is 2.65. The third kappa shape index (κ3) is 2.12. The minimum Gasteiger partial charge on any atom is -0.306 e. The van der Waals surface area contributed by atoms with Crippen molar-refractivity contribution in [2.45, 2.75) is 32.0 Å². The molecular weight excluding hydrogens is 222 g/mol. The Hall–Kier alpha value is -1.27. The largest absolute Gasteiger partial charge is 0.306 e. The Morgan fingerprint density at radius 1 is 1.44 bits per heavy atom. The number of nitrogens with one attached hydrogen (secondary N) is 1. The highest BCUT2D eigenvalue weighted by Gasteiger charge is 2.27. The van der Waals surface area contributed by atoms with Crippen LogP contribution in [0.15, 0.2) is 16.8 Å². The molecule has 0 aliphatic heterocycles. The van der Waals surface area contributed by atoms with E-state index >= 15 is 0 Å². The number of tetrazole rings is 1. The van der Waals surface area contributed by atoms with E-state index in [1.54, 1.807) is 11.3 Å². The molecule has 2 heterocycles. The first kappa shape index (κ1) is 9.92. The fraction of sp³-hybridized carbons (Fsp3) is 0.500. The first-order valence-corrected chi connectivity index (χ1v) is 6.36. The van der Waals surface area contributed by atoms with Crippen molar-refractivity contribution < 1.29 is 0 Å². The standard InChI is InChI=1S/C10H13N5S/c1-2-9(1)15-10(12-13-14-15)6-11-5-8-3-4-16-7-8/h3-4,7,9,11H,1-2,5-6H2. The van der Waals surface area contributed by atoms with E-state index in [-0.39, 0.29) is 0 Å². The van der Waals surface area contributed by atoms with Crippen LogP contribution in [0.25, 0.3) is 0 Å². The van der Waals surface area contributed by atoms with E-state index in [0.717, 1.165) is 18.9 Å². The number of thiophene rings is 1. The third-order valence-corrected chi connectivity index (χ3v) is 3.38. The van der Waals surface area contributed by atoms with Crippen LogP contribution in [0, 0.1) is 0 Å². The Kier molecular flexibility index (Phi) is 2.67. The van der Waals surface area contributed by atoms with Gasteiger partial charge in [-0.1, -0.05) is 0 Å². The Morgan fingerprint density at radius 2 is 2.38 bits per heavy atom. The van der Waals surface area contributed by atoms with Gasteiger partial charge < -0.3 is 5.32 Å². The molecule has 0 amide bonds. The Bertz CT molecular complexity index is 445. The number of nitrogens with zero attached hydrogens (tertiary/aromatic N) is 4. The van der Waals surface area contributed by atoms with Crippen molar-refractivity contribution in [1.29, 1.82) is 0 Å². The quantitative estimate of drug-likeness (QED) is 0.850. The molecule has 0 radical (unpaired) electrons. The molecule has 2 aromatic rings. The summed E-state index contributed by atoms with van der Waals surface area (Å²) in [6.07, 6.45) is 2.42. The van der Waals surface area contributed by atoms with Gasteiger partial charge >= 0.3 is 0 Å². The zero-order valence-electron chi connectivity index (χ0n) is 8.83. The van der Waals surface area contributed by atoms with Crippen LogP contribution in [0.3, 0.4) is 0 Å². The van der Waals surface area contributed by atoms with Gasteiger partial charge in [0.1, 0.15) is 0 Å². The van der Waals surface area contributed by atoms with E-state index < -0.39 is 0 Å². The van der Waals surface area contributed by atoms with Gasteiger partial charge in [0.25, 0.3) is 0 Å². The smallest absolute Gasteiger partial charge is 0.165 e. The summed E-state index contributed by atoms with van der Waals surface area (Å²) < 4.78 is 1.95. The molecule has 0 atom stereocenters. The van der Waals surface area contributed by atoms with Crippen LogP contribution in [-0.2, 0) is 13.1 Å². The summed E-state index contributed by atoms with van der Waals surface area (Å²) in [5.41, 5.74) is 1.32. The average Bonchev–Trinajstić information content (AvgIpc) is 2.82. The maximum atomic E-state index is 4.04. The van der Waals surface area contributed by atoms with Crippen LogP contribution in [0.4, 0.5) is 0 Å². The fourth-order valence-electron chi connectivity index (χ4n) is 1.64. The molecular formula is C10H13N5S. The van der Waals surface area contributed by atoms with Crippen molar-refractivity contribution >= 4 is 11.3 Å². The lowest BCUT2D eigenvalue weighted by Crippen LogP contribution is -2.16. The lowest BCUT2D eigenvalue weighted by Gasteiger charge is -2.03. The van der Waals surface area contributed by atoms with Crippen molar-refractivity contribution in [2.24, 2.45) is 0 Å². The van der Waals surface area contributed by atoms with Gasteiger partial charge in [-0.05, 0) is 45.7 Å². The van der Waals surface area contributed by atoms with Gasteiger partial charge in [-0.25, -0.2) is 4.68 Å². The van der Waals surface area contributed by atoms with Gasteiger partial charge in [-0.2, -0.15) is 11.3 Å². The van der Waals surface area contributed by atoms with Crippen LogP contribution in [0.2, 0.25) is 0 Å². The maximum Gasteiger partial charge on any atom is 0.165 e. The van der Waals surface area contributed by atoms with E-state index in [1.807, 2.05) is 4.68 Å². The summed E-state index contributed by atoms with van der Waals surface area (Å²) in [5.74, 6) is 0.942. The Labute approximate surface area is 97.5 Å². The highest BCUT2D eigenvalue weighted by molar-refractivity contribution is 7.07. The monoisotopic (exact) mass is 235 g/mol. The van der Waals surface area contributed by atoms with Gasteiger partial charge in [0.15, 0.2) is 5.82 Å². The van der Waals surface area contributed by atoms with Gasteiger partial charge in [0.05, 0.1) is 12.6 Å². The molecule has 1 fully saturated rings. The summed E-state index contributed by atoms with van der Waals surface area (Å²) in [5, 5.41) is 19.4. The van der Waals surface area contributed by atoms with Crippen LogP contribution < -0.4 is 5.32 Å². The topological polar surface area (TPSA) is 55.6 Å². The summed E-state index contributed by atoms with van der Waals surface area (Å²) >= 11 is 1.72. The lowest BCUT2D eigenvalue weighted by molar-refractivity contribution is 0.554. The number of hydrogen-bond donors (Lipinski definition) is 1. The maximum absolute atomic E-state index is 4.04. The molecule has 84 valence electrons. The van der Waals surface area contributed by atoms with Crippen molar-refractivity contribution in [3.05, 3.63) is 28.2 Å². The molecule has 3 rings (SSSR count). The highest BCUT2D eigenvalue weighted by Crippen LogP contribution is 2.34. The summed E-state index contributed by atoms with van der Waals surface area (Å²) in [4.78, 5) is 0. The van der Waals surface area contributed by atoms with Crippen LogP contribution in [-0.4, -0.2) is 20.2 Å². The van der Waals surface area contributed by atoms with Crippen molar-refractivity contribution in [1.82, 2.24) is 25.5 Å². The second-order valence-corrected chi connectivity index (χ2v) is 4.79. The van der Waals surface area contributed by atoms with E-state index in [2.05, 4.69) is 37.7 Å². The predicted molar refractivity (Wildman–Crippen MR) is 61.0 cm³/mol. The molecule has 2 aromatic heterocycles. The minimum atomic E-state index is 0.549.